The van der Waals surface area contributed by atoms with Crippen molar-refractivity contribution in [3.8, 4) is 5.75 Å². The van der Waals surface area contributed by atoms with Crippen LogP contribution in [0.1, 0.15) is 37.4 Å². The van der Waals surface area contributed by atoms with E-state index in [1.807, 2.05) is 0 Å². The summed E-state index contributed by atoms with van der Waals surface area (Å²) < 4.78 is 101. The maximum Gasteiger partial charge on any atom is 0.417 e. The highest BCUT2D eigenvalue weighted by atomic mass is 19.4. The van der Waals surface area contributed by atoms with Gasteiger partial charge in [0, 0.05) is 24.0 Å². The van der Waals surface area contributed by atoms with Crippen LogP contribution in [0.5, 0.6) is 5.75 Å². The summed E-state index contributed by atoms with van der Waals surface area (Å²) in [5.41, 5.74) is 1.98. The van der Waals surface area contributed by atoms with Crippen LogP contribution in [0.15, 0.2) is 24.4 Å². The van der Waals surface area contributed by atoms with Gasteiger partial charge in [0.05, 0.1) is 36.8 Å². The van der Waals surface area contributed by atoms with Crippen LogP contribution in [0, 0.1) is 23.4 Å². The third kappa shape index (κ3) is 4.53. The van der Waals surface area contributed by atoms with Crippen LogP contribution in [0.4, 0.5) is 32.0 Å². The summed E-state index contributed by atoms with van der Waals surface area (Å²) in [7, 11) is 1.02. The van der Waals surface area contributed by atoms with Crippen LogP contribution in [-0.2, 0) is 19.8 Å². The first-order valence-corrected chi connectivity index (χ1v) is 11.3. The van der Waals surface area contributed by atoms with E-state index in [0.717, 1.165) is 32.4 Å². The molecule has 0 unspecified atom stereocenters. The van der Waals surface area contributed by atoms with E-state index in [2.05, 4.69) is 10.3 Å². The van der Waals surface area contributed by atoms with Crippen molar-refractivity contribution in [1.29, 1.82) is 0 Å². The molecule has 0 aliphatic carbocycles. The molecule has 13 heteroatoms. The van der Waals surface area contributed by atoms with Crippen molar-refractivity contribution in [3.05, 3.63) is 53.1 Å². The summed E-state index contributed by atoms with van der Waals surface area (Å²) in [6.45, 7) is 2.38. The van der Waals surface area contributed by atoms with Gasteiger partial charge in [-0.15, -0.1) is 0 Å². The van der Waals surface area contributed by atoms with Crippen LogP contribution in [0.3, 0.4) is 0 Å². The van der Waals surface area contributed by atoms with Gasteiger partial charge in [0.15, 0.2) is 23.0 Å². The van der Waals surface area contributed by atoms with Gasteiger partial charge in [0.2, 0.25) is 5.82 Å². The Balaban J connectivity index is 1.75. The average molecular weight is 533 g/mol. The third-order valence-electron chi connectivity index (χ3n) is 7.25. The lowest BCUT2D eigenvalue weighted by atomic mass is 9.77. The molecule has 7 nitrogen and oxygen atoms in total. The van der Waals surface area contributed by atoms with Crippen LogP contribution in [-0.4, -0.2) is 49.1 Å². The van der Waals surface area contributed by atoms with E-state index in [4.69, 9.17) is 19.9 Å². The van der Waals surface area contributed by atoms with Crippen molar-refractivity contribution in [2.24, 2.45) is 11.7 Å². The fourth-order valence-corrected chi connectivity index (χ4v) is 4.83. The lowest BCUT2D eigenvalue weighted by Crippen LogP contribution is -2.47. The number of anilines is 1. The Labute approximate surface area is 208 Å². The molecule has 2 aliphatic heterocycles. The summed E-state index contributed by atoms with van der Waals surface area (Å²) >= 11 is 0. The lowest BCUT2D eigenvalue weighted by Gasteiger charge is -2.32. The molecule has 2 aromatic rings. The number of aromatic nitrogens is 1. The van der Waals surface area contributed by atoms with Gasteiger partial charge < -0.3 is 25.3 Å². The molecule has 2 saturated heterocycles. The zero-order valence-corrected chi connectivity index (χ0v) is 20.1. The number of nitrogens with one attached hydrogen (secondary N) is 1. The summed E-state index contributed by atoms with van der Waals surface area (Å²) in [5.74, 6) is -8.37. The smallest absolute Gasteiger partial charge is 0.417 e. The SMILES string of the molecule is COc1c([C@H]2[C@H](C(=O)Nc3cc([C@@]4(N)CCOC4)ncc3F)O[C@@](C)(C(F)(F)F)[C@H]2C)ccc(F)c1F. The highest BCUT2D eigenvalue weighted by Crippen LogP contribution is 2.55. The van der Waals surface area contributed by atoms with E-state index in [-0.39, 0.29) is 23.6 Å². The van der Waals surface area contributed by atoms with Crippen LogP contribution >= 0.6 is 0 Å². The van der Waals surface area contributed by atoms with Gasteiger partial charge in [0.1, 0.15) is 6.10 Å². The molecule has 1 amide bonds. The maximum absolute atomic E-state index is 14.6. The van der Waals surface area contributed by atoms with Gasteiger partial charge in [-0.05, 0) is 25.5 Å². The first-order chi connectivity index (χ1) is 17.2. The molecule has 0 bridgehead atoms. The molecule has 0 saturated carbocycles. The quantitative estimate of drug-likeness (QED) is 0.561. The third-order valence-corrected chi connectivity index (χ3v) is 7.25. The minimum Gasteiger partial charge on any atom is -0.493 e. The van der Waals surface area contributed by atoms with E-state index in [1.54, 1.807) is 0 Å². The number of rotatable bonds is 5. The van der Waals surface area contributed by atoms with E-state index < -0.39 is 64.4 Å². The zero-order valence-electron chi connectivity index (χ0n) is 20.1. The number of halogens is 6. The second-order valence-electron chi connectivity index (χ2n) is 9.44. The van der Waals surface area contributed by atoms with Crippen molar-refractivity contribution in [3.63, 3.8) is 0 Å². The number of hydrogen-bond acceptors (Lipinski definition) is 6. The Kier molecular flexibility index (Phi) is 6.93. The normalized spacial score (nSPS) is 29.9. The minimum atomic E-state index is -4.94. The Bertz CT molecular complexity index is 1200. The molecule has 5 atom stereocenters. The lowest BCUT2D eigenvalue weighted by molar-refractivity contribution is -0.272. The van der Waals surface area contributed by atoms with Crippen LogP contribution in [0.2, 0.25) is 0 Å². The average Bonchev–Trinajstić information content (AvgIpc) is 3.39. The van der Waals surface area contributed by atoms with Gasteiger partial charge in [-0.2, -0.15) is 17.6 Å². The molecule has 1 aromatic carbocycles. The van der Waals surface area contributed by atoms with Crippen molar-refractivity contribution in [2.75, 3.05) is 25.6 Å². The molecule has 2 aliphatic rings. The monoisotopic (exact) mass is 533 g/mol. The van der Waals surface area contributed by atoms with E-state index >= 15 is 0 Å². The first-order valence-electron chi connectivity index (χ1n) is 11.3. The first kappa shape index (κ1) is 27.1. The number of ether oxygens (including phenoxy) is 3. The second kappa shape index (κ2) is 9.44. The largest absolute Gasteiger partial charge is 0.493 e. The predicted molar refractivity (Wildman–Crippen MR) is 118 cm³/mol. The van der Waals surface area contributed by atoms with E-state index in [9.17, 15) is 31.1 Å². The highest BCUT2D eigenvalue weighted by molar-refractivity contribution is 5.95. The number of carbonyl (C=O) groups excluding carboxylic acids is 1. The Hall–Kier alpha value is -2.90. The van der Waals surface area contributed by atoms with E-state index in [1.165, 1.54) is 13.0 Å². The number of methoxy groups -OCH3 is 1. The Morgan fingerprint density at radius 1 is 1.24 bits per heavy atom. The molecule has 0 spiro atoms. The highest BCUT2D eigenvalue weighted by Gasteiger charge is 2.66. The molecular weight excluding hydrogens is 508 g/mol. The number of nitrogens with two attached hydrogens (primary N) is 1. The van der Waals surface area contributed by atoms with Crippen LogP contribution < -0.4 is 15.8 Å². The molecule has 1 aromatic heterocycles. The fraction of sp³-hybridized carbons (Fsp3) is 0.500. The fourth-order valence-electron chi connectivity index (χ4n) is 4.83. The summed E-state index contributed by atoms with van der Waals surface area (Å²) in [6.07, 6.45) is -5.61. The van der Waals surface area contributed by atoms with Gasteiger partial charge >= 0.3 is 6.18 Å². The standard InChI is InChI=1S/C24H25F6N3O4/c1-11-17(12-4-5-13(25)18(27)19(12)35-3)20(37-22(11,2)24(28,29)30)21(34)33-15-8-16(32-9-14(15)26)23(31)6-7-36-10-23/h4-5,8-9,11,17,20H,6-7,10,31H2,1-3H3,(H,32,33,34)/t11-,17-,20+,22+,23+/m0/s1. The molecule has 2 fully saturated rings. The molecular formula is C24H25F6N3O4. The number of alkyl halides is 3. The number of carbonyl (C=O) groups is 1. The molecule has 37 heavy (non-hydrogen) atoms. The molecule has 0 radical (unpaired) electrons. The van der Waals surface area contributed by atoms with Gasteiger partial charge in [-0.3, -0.25) is 9.78 Å². The molecule has 3 N–H and O–H groups in total. The number of amides is 1. The van der Waals surface area contributed by atoms with E-state index in [0.29, 0.717) is 13.0 Å². The van der Waals surface area contributed by atoms with Crippen molar-refractivity contribution >= 4 is 11.6 Å². The van der Waals surface area contributed by atoms with Gasteiger partial charge in [0.25, 0.3) is 5.91 Å². The number of nitrogens with zero attached hydrogens (tertiary/aromatic N) is 1. The minimum absolute atomic E-state index is 0.101. The topological polar surface area (TPSA) is 95.7 Å². The number of hydrogen-bond donors (Lipinski definition) is 2. The maximum atomic E-state index is 14.6. The van der Waals surface area contributed by atoms with Crippen molar-refractivity contribution in [2.45, 2.75) is 49.6 Å². The van der Waals surface area contributed by atoms with Crippen molar-refractivity contribution in [1.82, 2.24) is 4.98 Å². The summed E-state index contributed by atoms with van der Waals surface area (Å²) in [4.78, 5) is 17.3. The second-order valence-corrected chi connectivity index (χ2v) is 9.44. The Morgan fingerprint density at radius 3 is 2.54 bits per heavy atom. The number of benzene rings is 1. The Morgan fingerprint density at radius 2 is 1.95 bits per heavy atom. The molecule has 202 valence electrons. The zero-order chi connectivity index (χ0) is 27.3. The van der Waals surface area contributed by atoms with Gasteiger partial charge in [-0.1, -0.05) is 13.0 Å². The summed E-state index contributed by atoms with van der Waals surface area (Å²) in [5, 5.41) is 2.25. The predicted octanol–water partition coefficient (Wildman–Crippen LogP) is 4.16. The molecule has 3 heterocycles. The summed E-state index contributed by atoms with van der Waals surface area (Å²) in [6, 6.07) is 2.93. The van der Waals surface area contributed by atoms with Crippen molar-refractivity contribution < 1.29 is 45.3 Å². The van der Waals surface area contributed by atoms with Gasteiger partial charge in [-0.25, -0.2) is 8.78 Å². The van der Waals surface area contributed by atoms with Crippen LogP contribution in [0.25, 0.3) is 0 Å². The molecule has 4 rings (SSSR count). The number of pyridine rings is 1.